The van der Waals surface area contributed by atoms with Crippen molar-refractivity contribution in [3.05, 3.63) is 29.3 Å². The molecule has 0 saturated heterocycles. The summed E-state index contributed by atoms with van der Waals surface area (Å²) in [6.45, 7) is 12.8. The van der Waals surface area contributed by atoms with Gasteiger partial charge in [-0.25, -0.2) is 13.4 Å². The minimum absolute atomic E-state index is 0. The highest BCUT2D eigenvalue weighted by Gasteiger charge is 2.30. The monoisotopic (exact) mass is 511 g/mol. The number of aliphatic imine (C=N–C) groups is 1. The number of sulfone groups is 1. The first-order valence-corrected chi connectivity index (χ1v) is 10.8. The molecule has 0 aliphatic rings. The molecule has 27 heavy (non-hydrogen) atoms. The molecular weight excluding hydrogens is 477 g/mol. The Hall–Kier alpha value is -1.03. The van der Waals surface area contributed by atoms with Gasteiger partial charge in [-0.15, -0.1) is 24.0 Å². The summed E-state index contributed by atoms with van der Waals surface area (Å²) in [6, 6.07) is 6.06. The molecule has 0 saturated carbocycles. The molecule has 0 aromatic heterocycles. The molecule has 1 aromatic rings. The number of halogens is 1. The highest BCUT2D eigenvalue weighted by molar-refractivity contribution is 14.0. The van der Waals surface area contributed by atoms with Crippen LogP contribution in [0.5, 0.6) is 5.75 Å². The van der Waals surface area contributed by atoms with Crippen LogP contribution in [0.15, 0.2) is 23.2 Å². The van der Waals surface area contributed by atoms with E-state index in [0.717, 1.165) is 16.9 Å². The van der Waals surface area contributed by atoms with Crippen LogP contribution in [-0.2, 0) is 16.4 Å². The van der Waals surface area contributed by atoms with Crippen LogP contribution in [0, 0.1) is 6.92 Å². The Morgan fingerprint density at radius 2 is 1.89 bits per heavy atom. The molecule has 1 rings (SSSR count). The number of rotatable bonds is 8. The van der Waals surface area contributed by atoms with E-state index in [9.17, 15) is 8.42 Å². The number of hydrogen-bond donors (Lipinski definition) is 2. The van der Waals surface area contributed by atoms with Crippen LogP contribution in [0.25, 0.3) is 0 Å². The van der Waals surface area contributed by atoms with Crippen molar-refractivity contribution in [2.45, 2.75) is 58.9 Å². The molecule has 0 spiro atoms. The molecule has 6 nitrogen and oxygen atoms in total. The zero-order valence-electron chi connectivity index (χ0n) is 17.4. The number of nitrogens with one attached hydrogen (secondary N) is 2. The topological polar surface area (TPSA) is 79.8 Å². The number of benzene rings is 1. The van der Waals surface area contributed by atoms with Crippen LogP contribution >= 0.6 is 24.0 Å². The average molecular weight is 511 g/mol. The summed E-state index contributed by atoms with van der Waals surface area (Å²) in [5.74, 6) is 1.41. The minimum Gasteiger partial charge on any atom is -0.491 e. The van der Waals surface area contributed by atoms with E-state index in [1.165, 1.54) is 6.26 Å². The van der Waals surface area contributed by atoms with E-state index in [0.29, 0.717) is 19.0 Å². The highest BCUT2D eigenvalue weighted by atomic mass is 127. The van der Waals surface area contributed by atoms with Gasteiger partial charge in [-0.3, -0.25) is 0 Å². The first-order valence-electron chi connectivity index (χ1n) is 8.94. The number of guanidine groups is 1. The predicted octanol–water partition coefficient (Wildman–Crippen LogP) is 3.28. The second-order valence-electron chi connectivity index (χ2n) is 7.36. The van der Waals surface area contributed by atoms with Crippen LogP contribution in [0.1, 0.15) is 45.7 Å². The molecule has 156 valence electrons. The van der Waals surface area contributed by atoms with E-state index in [1.54, 1.807) is 13.8 Å². The van der Waals surface area contributed by atoms with Crippen LogP contribution < -0.4 is 15.4 Å². The SMILES string of the molecule is CCNC(=NCc1ccc(C)cc1OC(C)C)NCC(C)(C)S(C)(=O)=O.I. The first kappa shape index (κ1) is 26.0. The van der Waals surface area contributed by atoms with Crippen molar-refractivity contribution < 1.29 is 13.2 Å². The second-order valence-corrected chi connectivity index (χ2v) is 10.0. The van der Waals surface area contributed by atoms with Gasteiger partial charge in [0.25, 0.3) is 0 Å². The molecule has 0 amide bonds. The normalized spacial score (nSPS) is 12.5. The van der Waals surface area contributed by atoms with Gasteiger partial charge in [-0.1, -0.05) is 12.1 Å². The summed E-state index contributed by atoms with van der Waals surface area (Å²) in [6.07, 6.45) is 1.34. The summed E-state index contributed by atoms with van der Waals surface area (Å²) >= 11 is 0. The maximum absolute atomic E-state index is 11.9. The fourth-order valence-electron chi connectivity index (χ4n) is 2.09. The van der Waals surface area contributed by atoms with Gasteiger partial charge in [0, 0.05) is 24.9 Å². The summed E-state index contributed by atoms with van der Waals surface area (Å²) < 4.78 is 28.7. The zero-order chi connectivity index (χ0) is 20.0. The van der Waals surface area contributed by atoms with Gasteiger partial charge in [0.05, 0.1) is 17.4 Å². The Kier molecular flexibility index (Phi) is 10.7. The molecule has 0 aliphatic heterocycles. The fourth-order valence-corrected chi connectivity index (χ4v) is 2.42. The lowest BCUT2D eigenvalue weighted by atomic mass is 10.1. The third-order valence-corrected chi connectivity index (χ3v) is 6.17. The van der Waals surface area contributed by atoms with E-state index in [4.69, 9.17) is 4.74 Å². The van der Waals surface area contributed by atoms with Crippen LogP contribution in [-0.4, -0.2) is 44.6 Å². The van der Waals surface area contributed by atoms with Crippen molar-refractivity contribution in [2.24, 2.45) is 4.99 Å². The lowest BCUT2D eigenvalue weighted by molar-refractivity contribution is 0.240. The average Bonchev–Trinajstić information content (AvgIpc) is 2.49. The molecule has 0 unspecified atom stereocenters. The highest BCUT2D eigenvalue weighted by Crippen LogP contribution is 2.22. The smallest absolute Gasteiger partial charge is 0.191 e. The van der Waals surface area contributed by atoms with E-state index >= 15 is 0 Å². The predicted molar refractivity (Wildman–Crippen MR) is 124 cm³/mol. The lowest BCUT2D eigenvalue weighted by Gasteiger charge is -2.24. The third kappa shape index (κ3) is 8.68. The standard InChI is InChI=1S/C19H33N3O3S.HI/c1-8-20-18(22-13-19(5,6)26(7,23)24)21-12-16-10-9-15(4)11-17(16)25-14(2)3;/h9-11,14H,8,12-13H2,1-7H3,(H2,20,21,22);1H. The zero-order valence-corrected chi connectivity index (χ0v) is 20.6. The molecule has 0 fully saturated rings. The Balaban J connectivity index is 0.00000676. The van der Waals surface area contributed by atoms with Crippen molar-refractivity contribution in [3.63, 3.8) is 0 Å². The van der Waals surface area contributed by atoms with Gasteiger partial charge < -0.3 is 15.4 Å². The van der Waals surface area contributed by atoms with Crippen molar-refractivity contribution in [1.29, 1.82) is 0 Å². The maximum Gasteiger partial charge on any atom is 0.191 e. The van der Waals surface area contributed by atoms with Crippen molar-refractivity contribution in [1.82, 2.24) is 10.6 Å². The summed E-state index contributed by atoms with van der Waals surface area (Å²) in [7, 11) is -3.17. The van der Waals surface area contributed by atoms with E-state index in [-0.39, 0.29) is 36.6 Å². The van der Waals surface area contributed by atoms with E-state index in [2.05, 4.69) is 15.6 Å². The molecule has 0 radical (unpaired) electrons. The Bertz CT molecular complexity index is 732. The fraction of sp³-hybridized carbons (Fsp3) is 0.632. The van der Waals surface area contributed by atoms with Gasteiger partial charge in [0.15, 0.2) is 15.8 Å². The Morgan fingerprint density at radius 3 is 2.41 bits per heavy atom. The molecule has 0 aliphatic carbocycles. The molecule has 1 aromatic carbocycles. The van der Waals surface area contributed by atoms with Gasteiger partial charge in [0.1, 0.15) is 5.75 Å². The third-order valence-electron chi connectivity index (χ3n) is 4.02. The van der Waals surface area contributed by atoms with Crippen molar-refractivity contribution >= 4 is 39.8 Å². The molecule has 2 N–H and O–H groups in total. The minimum atomic E-state index is -3.17. The van der Waals surface area contributed by atoms with Crippen LogP contribution in [0.2, 0.25) is 0 Å². The Labute approximate surface area is 181 Å². The van der Waals surface area contributed by atoms with Crippen molar-refractivity contribution in [3.8, 4) is 5.75 Å². The van der Waals surface area contributed by atoms with Gasteiger partial charge in [0.2, 0.25) is 0 Å². The largest absolute Gasteiger partial charge is 0.491 e. The van der Waals surface area contributed by atoms with Crippen molar-refractivity contribution in [2.75, 3.05) is 19.3 Å². The lowest BCUT2D eigenvalue weighted by Crippen LogP contribution is -2.47. The first-order chi connectivity index (χ1) is 12.0. The van der Waals surface area contributed by atoms with E-state index < -0.39 is 14.6 Å². The summed E-state index contributed by atoms with van der Waals surface area (Å²) in [5.41, 5.74) is 2.12. The molecule has 0 bridgehead atoms. The molecular formula is C19H34IN3O3S. The van der Waals surface area contributed by atoms with Gasteiger partial charge >= 0.3 is 0 Å². The van der Waals surface area contributed by atoms with Gasteiger partial charge in [-0.05, 0) is 53.2 Å². The summed E-state index contributed by atoms with van der Waals surface area (Å²) in [4.78, 5) is 4.59. The van der Waals surface area contributed by atoms with E-state index in [1.807, 2.05) is 45.9 Å². The summed E-state index contributed by atoms with van der Waals surface area (Å²) in [5, 5.41) is 6.28. The number of aryl methyl sites for hydroxylation is 1. The number of nitrogens with zero attached hydrogens (tertiary/aromatic N) is 1. The van der Waals surface area contributed by atoms with Gasteiger partial charge in [-0.2, -0.15) is 0 Å². The Morgan fingerprint density at radius 1 is 1.26 bits per heavy atom. The molecule has 0 atom stereocenters. The number of ether oxygens (including phenoxy) is 1. The number of hydrogen-bond acceptors (Lipinski definition) is 4. The maximum atomic E-state index is 11.9. The van der Waals surface area contributed by atoms with Crippen LogP contribution in [0.4, 0.5) is 0 Å². The molecule has 0 heterocycles. The second kappa shape index (κ2) is 11.1. The van der Waals surface area contributed by atoms with Crippen LogP contribution in [0.3, 0.4) is 0 Å². The molecule has 8 heteroatoms. The quantitative estimate of drug-likeness (QED) is 0.318.